The van der Waals surface area contributed by atoms with E-state index in [9.17, 15) is 4.79 Å². The first kappa shape index (κ1) is 11.2. The van der Waals surface area contributed by atoms with Crippen molar-refractivity contribution in [3.63, 3.8) is 0 Å². The average Bonchev–Trinajstić information content (AvgIpc) is 1.84. The van der Waals surface area contributed by atoms with Gasteiger partial charge in [0.2, 0.25) is 5.91 Å². The number of carbonyl (C=O) groups excluding carboxylic acids is 1. The lowest BCUT2D eigenvalue weighted by Crippen LogP contribution is -2.14. The Labute approximate surface area is 74.8 Å². The summed E-state index contributed by atoms with van der Waals surface area (Å²) in [4.78, 5) is 10.5. The number of hydrogen-bond donors (Lipinski definition) is 1. The number of carbonyl (C=O) groups is 1. The van der Waals surface area contributed by atoms with Crippen LogP contribution in [0.5, 0.6) is 0 Å². The largest absolute Gasteiger partial charge is 0.370 e. The van der Waals surface area contributed by atoms with Crippen molar-refractivity contribution in [2.24, 2.45) is 17.6 Å². The zero-order chi connectivity index (χ0) is 9.56. The molecule has 70 valence electrons. The van der Waals surface area contributed by atoms with Crippen LogP contribution in [0.3, 0.4) is 0 Å². The predicted molar refractivity (Wildman–Crippen MR) is 51.6 cm³/mol. The summed E-state index contributed by atoms with van der Waals surface area (Å²) in [6.07, 6.45) is 5.71. The summed E-state index contributed by atoms with van der Waals surface area (Å²) < 4.78 is 0. The molecule has 1 amide bonds. The molecular formula is C10H19NO. The molecule has 2 nitrogen and oxygen atoms in total. The Balaban J connectivity index is 3.56. The molecule has 0 aromatic heterocycles. The molecule has 0 radical (unpaired) electrons. The highest BCUT2D eigenvalue weighted by Crippen LogP contribution is 2.08. The number of hydrogen-bond acceptors (Lipinski definition) is 1. The molecule has 0 unspecified atom stereocenters. The molecular weight excluding hydrogens is 150 g/mol. The molecule has 0 heterocycles. The molecule has 0 aliphatic heterocycles. The quantitative estimate of drug-likeness (QED) is 0.629. The van der Waals surface area contributed by atoms with Crippen molar-refractivity contribution in [3.8, 4) is 0 Å². The molecule has 0 aromatic rings. The van der Waals surface area contributed by atoms with E-state index in [2.05, 4.69) is 26.0 Å². The maximum Gasteiger partial charge on any atom is 0.217 e. The third-order valence-corrected chi connectivity index (χ3v) is 1.61. The number of amides is 1. The van der Waals surface area contributed by atoms with Crippen molar-refractivity contribution in [1.82, 2.24) is 0 Å². The lowest BCUT2D eigenvalue weighted by atomic mass is 10.0. The van der Waals surface area contributed by atoms with Gasteiger partial charge in [0.05, 0.1) is 0 Å². The van der Waals surface area contributed by atoms with Crippen LogP contribution in [0.15, 0.2) is 12.2 Å². The van der Waals surface area contributed by atoms with Gasteiger partial charge in [0.15, 0.2) is 0 Å². The van der Waals surface area contributed by atoms with Crippen LogP contribution in [0.25, 0.3) is 0 Å². The van der Waals surface area contributed by atoms with E-state index >= 15 is 0 Å². The van der Waals surface area contributed by atoms with Crippen LogP contribution < -0.4 is 5.73 Å². The van der Waals surface area contributed by atoms with Crippen molar-refractivity contribution in [2.75, 3.05) is 0 Å². The molecule has 12 heavy (non-hydrogen) atoms. The van der Waals surface area contributed by atoms with Gasteiger partial charge in [-0.05, 0) is 18.3 Å². The Kier molecular flexibility index (Phi) is 5.43. The summed E-state index contributed by atoms with van der Waals surface area (Å²) in [5.41, 5.74) is 5.06. The van der Waals surface area contributed by atoms with Crippen molar-refractivity contribution < 1.29 is 4.79 Å². The zero-order valence-electron chi connectivity index (χ0n) is 8.21. The lowest BCUT2D eigenvalue weighted by Gasteiger charge is -2.04. The van der Waals surface area contributed by atoms with Crippen molar-refractivity contribution >= 4 is 5.91 Å². The monoisotopic (exact) mass is 169 g/mol. The second kappa shape index (κ2) is 5.81. The lowest BCUT2D eigenvalue weighted by molar-refractivity contribution is -0.118. The third-order valence-electron chi connectivity index (χ3n) is 1.61. The fraction of sp³-hybridized carbons (Fsp3) is 0.700. The highest BCUT2D eigenvalue weighted by molar-refractivity contribution is 5.73. The summed E-state index contributed by atoms with van der Waals surface area (Å²) in [6, 6.07) is 0. The first-order valence-electron chi connectivity index (χ1n) is 4.47. The average molecular weight is 169 g/mol. The van der Waals surface area contributed by atoms with Gasteiger partial charge in [-0.1, -0.05) is 32.9 Å². The highest BCUT2D eigenvalue weighted by atomic mass is 16.1. The fourth-order valence-electron chi connectivity index (χ4n) is 1.01. The number of primary amides is 1. The minimum absolute atomic E-state index is 0.208. The van der Waals surface area contributed by atoms with E-state index in [0.29, 0.717) is 18.3 Å². The van der Waals surface area contributed by atoms with Crippen molar-refractivity contribution in [1.29, 1.82) is 0 Å². The van der Waals surface area contributed by atoms with Crippen molar-refractivity contribution in [3.05, 3.63) is 12.2 Å². The maximum atomic E-state index is 10.5. The standard InChI is InChI=1S/C10H19NO/c1-8(2)5-4-6-9(3)7-10(11)12/h4-5,8-9H,6-7H2,1-3H3,(H2,11,12)/b5-4+/t9-/m0/s1. The Bertz CT molecular complexity index is 161. The van der Waals surface area contributed by atoms with Gasteiger partial charge in [-0.15, -0.1) is 0 Å². The van der Waals surface area contributed by atoms with Gasteiger partial charge in [-0.25, -0.2) is 0 Å². The van der Waals surface area contributed by atoms with Gasteiger partial charge < -0.3 is 5.73 Å². The van der Waals surface area contributed by atoms with Gasteiger partial charge in [0, 0.05) is 6.42 Å². The van der Waals surface area contributed by atoms with Gasteiger partial charge in [0.1, 0.15) is 0 Å². The Morgan fingerprint density at radius 2 is 2.00 bits per heavy atom. The van der Waals surface area contributed by atoms with E-state index in [1.54, 1.807) is 0 Å². The summed E-state index contributed by atoms with van der Waals surface area (Å²) in [5.74, 6) is 0.753. The topological polar surface area (TPSA) is 43.1 Å². The molecule has 1 atom stereocenters. The highest BCUT2D eigenvalue weighted by Gasteiger charge is 2.02. The minimum Gasteiger partial charge on any atom is -0.370 e. The molecule has 2 N–H and O–H groups in total. The Morgan fingerprint density at radius 3 is 2.42 bits per heavy atom. The second-order valence-electron chi connectivity index (χ2n) is 3.68. The summed E-state index contributed by atoms with van der Waals surface area (Å²) >= 11 is 0. The molecule has 0 saturated carbocycles. The smallest absolute Gasteiger partial charge is 0.217 e. The summed E-state index contributed by atoms with van der Waals surface area (Å²) in [5, 5.41) is 0. The molecule has 0 spiro atoms. The van der Waals surface area contributed by atoms with Crippen LogP contribution in [0.2, 0.25) is 0 Å². The van der Waals surface area contributed by atoms with Crippen LogP contribution in [-0.4, -0.2) is 5.91 Å². The molecule has 0 bridgehead atoms. The van der Waals surface area contributed by atoms with Gasteiger partial charge in [0.25, 0.3) is 0 Å². The number of rotatable bonds is 5. The molecule has 0 fully saturated rings. The Hall–Kier alpha value is -0.790. The second-order valence-corrected chi connectivity index (χ2v) is 3.68. The van der Waals surface area contributed by atoms with Crippen LogP contribution in [0.4, 0.5) is 0 Å². The number of nitrogens with two attached hydrogens (primary N) is 1. The normalized spacial score (nSPS) is 14.0. The Morgan fingerprint density at radius 1 is 1.42 bits per heavy atom. The van der Waals surface area contributed by atoms with Crippen LogP contribution in [-0.2, 0) is 4.79 Å². The van der Waals surface area contributed by atoms with Crippen LogP contribution >= 0.6 is 0 Å². The first-order chi connectivity index (χ1) is 5.52. The van der Waals surface area contributed by atoms with Crippen molar-refractivity contribution in [2.45, 2.75) is 33.6 Å². The fourth-order valence-corrected chi connectivity index (χ4v) is 1.01. The van der Waals surface area contributed by atoms with Gasteiger partial charge in [-0.3, -0.25) is 4.79 Å². The summed E-state index contributed by atoms with van der Waals surface area (Å²) in [6.45, 7) is 6.31. The molecule has 0 aliphatic rings. The molecule has 2 heteroatoms. The van der Waals surface area contributed by atoms with Gasteiger partial charge in [-0.2, -0.15) is 0 Å². The van der Waals surface area contributed by atoms with E-state index in [4.69, 9.17) is 5.73 Å². The molecule has 0 rings (SSSR count). The van der Waals surface area contributed by atoms with E-state index in [1.807, 2.05) is 6.92 Å². The van der Waals surface area contributed by atoms with E-state index < -0.39 is 0 Å². The molecule has 0 saturated heterocycles. The van der Waals surface area contributed by atoms with E-state index in [-0.39, 0.29) is 5.91 Å². The maximum absolute atomic E-state index is 10.5. The van der Waals surface area contributed by atoms with Crippen LogP contribution in [0.1, 0.15) is 33.6 Å². The summed E-state index contributed by atoms with van der Waals surface area (Å²) in [7, 11) is 0. The minimum atomic E-state index is -0.208. The SMILES string of the molecule is CC(C)/C=C/C[C@H](C)CC(N)=O. The zero-order valence-corrected chi connectivity index (χ0v) is 8.21. The first-order valence-corrected chi connectivity index (χ1v) is 4.47. The molecule has 0 aliphatic carbocycles. The van der Waals surface area contributed by atoms with E-state index in [0.717, 1.165) is 6.42 Å². The third kappa shape index (κ3) is 7.32. The van der Waals surface area contributed by atoms with Crippen LogP contribution in [0, 0.1) is 11.8 Å². The van der Waals surface area contributed by atoms with E-state index in [1.165, 1.54) is 0 Å². The number of allylic oxidation sites excluding steroid dienone is 2. The predicted octanol–water partition coefficient (Wildman–Crippen LogP) is 2.10. The molecule has 0 aromatic carbocycles. The van der Waals surface area contributed by atoms with Gasteiger partial charge >= 0.3 is 0 Å².